The Labute approximate surface area is 205 Å². The Balaban J connectivity index is 2.00. The van der Waals surface area contributed by atoms with Gasteiger partial charge in [-0.3, -0.25) is 4.98 Å². The van der Waals surface area contributed by atoms with E-state index in [4.69, 9.17) is 0 Å². The smallest absolute Gasteiger partial charge is 0.335 e. The summed E-state index contributed by atoms with van der Waals surface area (Å²) in [6.45, 7) is 1.95. The summed E-state index contributed by atoms with van der Waals surface area (Å²) in [6.07, 6.45) is 11.8. The van der Waals surface area contributed by atoms with Crippen LogP contribution < -0.4 is 10.6 Å². The fraction of sp³-hybridized carbons (Fsp3) is 0.429. The number of hydrogen-bond donors (Lipinski definition) is 2. The van der Waals surface area contributed by atoms with Crippen LogP contribution in [0, 0.1) is 0 Å². The fourth-order valence-corrected chi connectivity index (χ4v) is 4.59. The molecule has 1 heterocycles. The SMILES string of the molecule is C/C=C\C/C=C\CCC(NC(=O)NC1CCCCC1)(c1cccc(C(F)(F)F)c1)c1ccccn1. The van der Waals surface area contributed by atoms with Gasteiger partial charge in [-0.15, -0.1) is 0 Å². The van der Waals surface area contributed by atoms with Gasteiger partial charge in [0, 0.05) is 12.2 Å². The molecule has 1 atom stereocenters. The number of pyridine rings is 1. The van der Waals surface area contributed by atoms with Gasteiger partial charge >= 0.3 is 12.2 Å². The quantitative estimate of drug-likeness (QED) is 0.367. The Bertz CT molecular complexity index is 998. The minimum atomic E-state index is -4.50. The van der Waals surface area contributed by atoms with E-state index in [1.54, 1.807) is 30.5 Å². The molecule has 35 heavy (non-hydrogen) atoms. The zero-order valence-electron chi connectivity index (χ0n) is 20.2. The van der Waals surface area contributed by atoms with Crippen molar-refractivity contribution >= 4 is 6.03 Å². The van der Waals surface area contributed by atoms with Crippen LogP contribution in [0.2, 0.25) is 0 Å². The lowest BCUT2D eigenvalue weighted by atomic mass is 9.81. The number of carbonyl (C=O) groups excluding carboxylic acids is 1. The van der Waals surface area contributed by atoms with Crippen molar-refractivity contribution in [1.29, 1.82) is 0 Å². The summed E-state index contributed by atoms with van der Waals surface area (Å²) in [5, 5.41) is 6.11. The molecule has 0 aliphatic heterocycles. The molecule has 4 nitrogen and oxygen atoms in total. The van der Waals surface area contributed by atoms with Gasteiger partial charge in [-0.1, -0.05) is 61.8 Å². The molecule has 0 bridgehead atoms. The normalized spacial score (nSPS) is 16.9. The number of nitrogens with zero attached hydrogens (tertiary/aromatic N) is 1. The van der Waals surface area contributed by atoms with Gasteiger partial charge in [-0.25, -0.2) is 4.79 Å². The van der Waals surface area contributed by atoms with E-state index in [2.05, 4.69) is 15.6 Å². The molecule has 1 fully saturated rings. The molecule has 188 valence electrons. The molecule has 2 N–H and O–H groups in total. The zero-order chi connectivity index (χ0) is 25.2. The third kappa shape index (κ3) is 7.44. The summed E-state index contributed by atoms with van der Waals surface area (Å²) >= 11 is 0. The molecular formula is C28H34F3N3O. The Morgan fingerprint density at radius 2 is 1.80 bits per heavy atom. The van der Waals surface area contributed by atoms with Crippen LogP contribution in [0.25, 0.3) is 0 Å². The highest BCUT2D eigenvalue weighted by Crippen LogP contribution is 2.37. The number of alkyl halides is 3. The summed E-state index contributed by atoms with van der Waals surface area (Å²) in [4.78, 5) is 17.7. The average Bonchev–Trinajstić information content (AvgIpc) is 2.86. The summed E-state index contributed by atoms with van der Waals surface area (Å²) in [7, 11) is 0. The molecule has 1 aliphatic rings. The molecule has 3 rings (SSSR count). The second-order valence-electron chi connectivity index (χ2n) is 8.95. The fourth-order valence-electron chi connectivity index (χ4n) is 4.59. The number of nitrogens with one attached hydrogen (secondary N) is 2. The van der Waals surface area contributed by atoms with E-state index in [0.717, 1.165) is 50.7 Å². The van der Waals surface area contributed by atoms with Gasteiger partial charge < -0.3 is 10.6 Å². The summed E-state index contributed by atoms with van der Waals surface area (Å²) < 4.78 is 40.9. The Morgan fingerprint density at radius 3 is 2.49 bits per heavy atom. The van der Waals surface area contributed by atoms with Crippen LogP contribution in [-0.4, -0.2) is 17.1 Å². The predicted molar refractivity (Wildman–Crippen MR) is 133 cm³/mol. The average molecular weight is 486 g/mol. The number of allylic oxidation sites excluding steroid dienone is 4. The zero-order valence-corrected chi connectivity index (χ0v) is 20.2. The third-order valence-corrected chi connectivity index (χ3v) is 6.41. The van der Waals surface area contributed by atoms with Crippen LogP contribution in [0.1, 0.15) is 75.1 Å². The highest BCUT2D eigenvalue weighted by molar-refractivity contribution is 5.76. The highest BCUT2D eigenvalue weighted by atomic mass is 19.4. The van der Waals surface area contributed by atoms with Gasteiger partial charge in [0.2, 0.25) is 0 Å². The Kier molecular flexibility index (Phi) is 9.52. The summed E-state index contributed by atoms with van der Waals surface area (Å²) in [5.41, 5.74) is -1.13. The Hall–Kier alpha value is -3.09. The second kappa shape index (κ2) is 12.6. The molecular weight excluding hydrogens is 451 g/mol. The molecule has 2 aromatic rings. The van der Waals surface area contributed by atoms with E-state index in [9.17, 15) is 18.0 Å². The third-order valence-electron chi connectivity index (χ3n) is 6.41. The molecule has 0 spiro atoms. The maximum absolute atomic E-state index is 13.6. The van der Waals surface area contributed by atoms with Gasteiger partial charge in [0.1, 0.15) is 5.54 Å². The van der Waals surface area contributed by atoms with E-state index in [-0.39, 0.29) is 6.04 Å². The maximum Gasteiger partial charge on any atom is 0.416 e. The van der Waals surface area contributed by atoms with Crippen molar-refractivity contribution in [1.82, 2.24) is 15.6 Å². The van der Waals surface area contributed by atoms with Crippen LogP contribution in [0.3, 0.4) is 0 Å². The largest absolute Gasteiger partial charge is 0.416 e. The van der Waals surface area contributed by atoms with E-state index in [1.165, 1.54) is 6.07 Å². The molecule has 1 aromatic heterocycles. The van der Waals surface area contributed by atoms with Gasteiger partial charge in [-0.05, 0) is 68.9 Å². The van der Waals surface area contributed by atoms with Crippen LogP contribution in [-0.2, 0) is 11.7 Å². The topological polar surface area (TPSA) is 54.0 Å². The van der Waals surface area contributed by atoms with Crippen molar-refractivity contribution < 1.29 is 18.0 Å². The molecule has 0 radical (unpaired) electrons. The number of rotatable bonds is 9. The van der Waals surface area contributed by atoms with Crippen LogP contribution in [0.4, 0.5) is 18.0 Å². The number of carbonyl (C=O) groups is 1. The van der Waals surface area contributed by atoms with Crippen molar-refractivity contribution in [3.8, 4) is 0 Å². The number of benzene rings is 1. The van der Waals surface area contributed by atoms with Crippen LogP contribution in [0.15, 0.2) is 73.0 Å². The van der Waals surface area contributed by atoms with Crippen molar-refractivity contribution in [2.75, 3.05) is 0 Å². The predicted octanol–water partition coefficient (Wildman–Crippen LogP) is 7.28. The highest BCUT2D eigenvalue weighted by Gasteiger charge is 2.39. The lowest BCUT2D eigenvalue weighted by Crippen LogP contribution is -2.53. The first-order valence-corrected chi connectivity index (χ1v) is 12.3. The lowest BCUT2D eigenvalue weighted by molar-refractivity contribution is -0.137. The van der Waals surface area contributed by atoms with Crippen molar-refractivity contribution in [3.05, 3.63) is 89.8 Å². The van der Waals surface area contributed by atoms with E-state index < -0.39 is 23.3 Å². The van der Waals surface area contributed by atoms with Gasteiger partial charge in [-0.2, -0.15) is 13.2 Å². The first kappa shape index (κ1) is 26.5. The minimum Gasteiger partial charge on any atom is -0.335 e. The first-order valence-electron chi connectivity index (χ1n) is 12.3. The molecule has 0 saturated heterocycles. The van der Waals surface area contributed by atoms with E-state index in [1.807, 2.05) is 31.2 Å². The molecule has 1 saturated carbocycles. The van der Waals surface area contributed by atoms with Gasteiger partial charge in [0.15, 0.2) is 0 Å². The number of hydrogen-bond acceptors (Lipinski definition) is 2. The van der Waals surface area contributed by atoms with E-state index >= 15 is 0 Å². The number of amides is 2. The van der Waals surface area contributed by atoms with Gasteiger partial charge in [0.05, 0.1) is 11.3 Å². The molecule has 1 aromatic carbocycles. The summed E-state index contributed by atoms with van der Waals surface area (Å²) in [5.74, 6) is 0. The minimum absolute atomic E-state index is 0.0624. The van der Waals surface area contributed by atoms with Crippen LogP contribution >= 0.6 is 0 Å². The molecule has 1 unspecified atom stereocenters. The first-order chi connectivity index (χ1) is 16.8. The van der Waals surface area contributed by atoms with Crippen molar-refractivity contribution in [3.63, 3.8) is 0 Å². The molecule has 7 heteroatoms. The van der Waals surface area contributed by atoms with Crippen LogP contribution in [0.5, 0.6) is 0 Å². The molecule has 1 aliphatic carbocycles. The molecule has 2 amide bonds. The van der Waals surface area contributed by atoms with Gasteiger partial charge in [0.25, 0.3) is 0 Å². The maximum atomic E-state index is 13.6. The summed E-state index contributed by atoms with van der Waals surface area (Å²) in [6, 6.07) is 10.2. The second-order valence-corrected chi connectivity index (χ2v) is 8.95. The van der Waals surface area contributed by atoms with Crippen molar-refractivity contribution in [2.45, 2.75) is 76.0 Å². The monoisotopic (exact) mass is 485 g/mol. The van der Waals surface area contributed by atoms with E-state index in [0.29, 0.717) is 24.1 Å². The number of urea groups is 1. The number of halogens is 3. The Morgan fingerprint density at radius 1 is 1.03 bits per heavy atom. The van der Waals surface area contributed by atoms with Crippen molar-refractivity contribution in [2.24, 2.45) is 0 Å². The number of aromatic nitrogens is 1. The standard InChI is InChI=1S/C28H34F3N3O/c1-2-3-4-5-6-11-19-27(25-18-10-12-20-32-25,22-14-13-15-23(21-22)28(29,30)31)34-26(35)33-24-16-8-7-9-17-24/h2-3,5-6,10,12-15,18,20-21,24H,4,7-9,11,16-17,19H2,1H3,(H2,33,34,35)/b3-2-,6-5-. The lowest BCUT2D eigenvalue weighted by Gasteiger charge is -2.36.